The molecule has 0 aliphatic carbocycles. The van der Waals surface area contributed by atoms with Crippen molar-refractivity contribution in [3.8, 4) is 0 Å². The molecule has 0 radical (unpaired) electrons. The van der Waals surface area contributed by atoms with Crippen LogP contribution in [-0.2, 0) is 9.59 Å². The molecule has 3 aromatic rings. The first kappa shape index (κ1) is 17.6. The first-order chi connectivity index (χ1) is 13.6. The van der Waals surface area contributed by atoms with Crippen LogP contribution in [-0.4, -0.2) is 21.8 Å². The number of amides is 1. The van der Waals surface area contributed by atoms with Crippen molar-refractivity contribution in [2.75, 3.05) is 4.90 Å². The fraction of sp³-hybridized carbons (Fsp3) is 0.0455. The Labute approximate surface area is 160 Å². The minimum Gasteiger partial charge on any atom is -0.507 e. The zero-order valence-corrected chi connectivity index (χ0v) is 14.6. The molecule has 6 heteroatoms. The van der Waals surface area contributed by atoms with E-state index < -0.39 is 23.5 Å². The number of benzene rings is 2. The Morgan fingerprint density at radius 2 is 1.79 bits per heavy atom. The fourth-order valence-electron chi connectivity index (χ4n) is 3.34. The summed E-state index contributed by atoms with van der Waals surface area (Å²) in [6.45, 7) is 0. The highest BCUT2D eigenvalue weighted by Crippen LogP contribution is 2.41. The third-order valence-corrected chi connectivity index (χ3v) is 4.58. The van der Waals surface area contributed by atoms with Crippen molar-refractivity contribution >= 4 is 23.1 Å². The van der Waals surface area contributed by atoms with Crippen LogP contribution in [0.4, 0.5) is 10.1 Å². The van der Waals surface area contributed by atoms with Gasteiger partial charge in [0, 0.05) is 11.8 Å². The molecule has 138 valence electrons. The van der Waals surface area contributed by atoms with E-state index >= 15 is 0 Å². The van der Waals surface area contributed by atoms with E-state index in [9.17, 15) is 19.1 Å². The average molecular weight is 374 g/mol. The molecule has 5 nitrogen and oxygen atoms in total. The van der Waals surface area contributed by atoms with Crippen LogP contribution in [0.15, 0.2) is 84.7 Å². The quantitative estimate of drug-likeness (QED) is 0.430. The zero-order valence-electron chi connectivity index (χ0n) is 14.6. The van der Waals surface area contributed by atoms with Crippen molar-refractivity contribution in [2.24, 2.45) is 0 Å². The second-order valence-corrected chi connectivity index (χ2v) is 6.30. The van der Waals surface area contributed by atoms with Gasteiger partial charge in [-0.2, -0.15) is 0 Å². The van der Waals surface area contributed by atoms with Gasteiger partial charge in [-0.3, -0.25) is 19.5 Å². The van der Waals surface area contributed by atoms with Gasteiger partial charge in [-0.1, -0.05) is 42.5 Å². The van der Waals surface area contributed by atoms with Crippen LogP contribution >= 0.6 is 0 Å². The Kier molecular flexibility index (Phi) is 4.45. The molecular formula is C22H15FN2O3. The largest absolute Gasteiger partial charge is 0.507 e. The van der Waals surface area contributed by atoms with Gasteiger partial charge in [-0.05, 0) is 29.8 Å². The molecular weight excluding hydrogens is 359 g/mol. The highest BCUT2D eigenvalue weighted by atomic mass is 19.1. The summed E-state index contributed by atoms with van der Waals surface area (Å²) in [5.41, 5.74) is 1.06. The van der Waals surface area contributed by atoms with Gasteiger partial charge in [0.15, 0.2) is 0 Å². The highest BCUT2D eigenvalue weighted by molar-refractivity contribution is 6.51. The summed E-state index contributed by atoms with van der Waals surface area (Å²) in [5, 5.41) is 10.8. The van der Waals surface area contributed by atoms with Crippen molar-refractivity contribution in [3.63, 3.8) is 0 Å². The molecule has 1 aromatic heterocycles. The Morgan fingerprint density at radius 3 is 2.46 bits per heavy atom. The molecule has 1 aliphatic heterocycles. The molecule has 0 bridgehead atoms. The van der Waals surface area contributed by atoms with E-state index in [2.05, 4.69) is 4.98 Å². The summed E-state index contributed by atoms with van der Waals surface area (Å²) in [6.07, 6.45) is 2.99. The summed E-state index contributed by atoms with van der Waals surface area (Å²) in [6, 6.07) is 16.4. The maximum atomic E-state index is 13.9. The molecule has 0 unspecified atom stereocenters. The molecule has 28 heavy (non-hydrogen) atoms. The minimum absolute atomic E-state index is 0.0920. The lowest BCUT2D eigenvalue weighted by atomic mass is 9.95. The first-order valence-corrected chi connectivity index (χ1v) is 8.60. The van der Waals surface area contributed by atoms with Gasteiger partial charge < -0.3 is 5.11 Å². The number of aliphatic hydroxyl groups is 1. The average Bonchev–Trinajstić information content (AvgIpc) is 3.00. The second kappa shape index (κ2) is 7.08. The van der Waals surface area contributed by atoms with Crippen LogP contribution in [0.5, 0.6) is 0 Å². The number of aromatic nitrogens is 1. The summed E-state index contributed by atoms with van der Waals surface area (Å²) >= 11 is 0. The smallest absolute Gasteiger partial charge is 0.300 e. The Bertz CT molecular complexity index is 1080. The van der Waals surface area contributed by atoms with E-state index in [1.54, 1.807) is 54.7 Å². The summed E-state index contributed by atoms with van der Waals surface area (Å²) in [4.78, 5) is 30.9. The Hall–Kier alpha value is -3.80. The number of anilines is 1. The van der Waals surface area contributed by atoms with E-state index in [1.165, 1.54) is 29.3 Å². The lowest BCUT2D eigenvalue weighted by molar-refractivity contribution is -0.132. The molecule has 0 saturated carbocycles. The third kappa shape index (κ3) is 2.95. The fourth-order valence-corrected chi connectivity index (χ4v) is 3.34. The normalized spacial score (nSPS) is 18.5. The number of Topliss-reactive ketones (excluding diaryl/α,β-unsaturated/α-hetero) is 1. The Balaban J connectivity index is 1.96. The van der Waals surface area contributed by atoms with E-state index in [0.717, 1.165) is 0 Å². The number of carbonyl (C=O) groups is 2. The lowest BCUT2D eigenvalue weighted by Gasteiger charge is -2.25. The predicted octanol–water partition coefficient (Wildman–Crippen LogP) is 3.85. The summed E-state index contributed by atoms with van der Waals surface area (Å²) in [5.74, 6) is -2.45. The molecule has 1 amide bonds. The number of rotatable bonds is 3. The predicted molar refractivity (Wildman–Crippen MR) is 102 cm³/mol. The number of carbonyl (C=O) groups excluding carboxylic acids is 2. The van der Waals surface area contributed by atoms with Gasteiger partial charge in [-0.15, -0.1) is 0 Å². The van der Waals surface area contributed by atoms with Crippen LogP contribution in [0.2, 0.25) is 0 Å². The van der Waals surface area contributed by atoms with Crippen LogP contribution < -0.4 is 4.90 Å². The molecule has 1 aliphatic rings. The van der Waals surface area contributed by atoms with Gasteiger partial charge in [0.25, 0.3) is 11.7 Å². The van der Waals surface area contributed by atoms with Crippen molar-refractivity contribution < 1.29 is 19.1 Å². The number of nitrogens with zero attached hydrogens (tertiary/aromatic N) is 2. The maximum Gasteiger partial charge on any atom is 0.300 e. The summed E-state index contributed by atoms with van der Waals surface area (Å²) < 4.78 is 13.9. The number of hydrogen-bond donors (Lipinski definition) is 1. The number of pyridine rings is 1. The standard InChI is InChI=1S/C22H15FN2O3/c23-16-9-4-8-15(12-16)19-18(20(26)14-6-2-1-3-7-14)21(27)22(28)25(19)17-10-5-11-24-13-17/h1-13,19,26H/b20-18+/t19-/m0/s1. The topological polar surface area (TPSA) is 70.5 Å². The number of halogens is 1. The monoisotopic (exact) mass is 374 g/mol. The molecule has 1 saturated heterocycles. The second-order valence-electron chi connectivity index (χ2n) is 6.30. The highest BCUT2D eigenvalue weighted by Gasteiger charge is 2.47. The minimum atomic E-state index is -0.972. The Morgan fingerprint density at radius 1 is 1.00 bits per heavy atom. The number of ketones is 1. The van der Waals surface area contributed by atoms with Crippen LogP contribution in [0.1, 0.15) is 17.2 Å². The SMILES string of the molecule is O=C1C(=O)N(c2cccnc2)[C@@H](c2cccc(F)c2)/C1=C(\O)c1ccccc1. The first-order valence-electron chi connectivity index (χ1n) is 8.60. The number of aliphatic hydroxyl groups excluding tert-OH is 1. The molecule has 4 rings (SSSR count). The van der Waals surface area contributed by atoms with Gasteiger partial charge >= 0.3 is 0 Å². The third-order valence-electron chi connectivity index (χ3n) is 4.58. The molecule has 2 aromatic carbocycles. The molecule has 0 spiro atoms. The molecule has 1 N–H and O–H groups in total. The van der Waals surface area contributed by atoms with Crippen molar-refractivity contribution in [1.29, 1.82) is 0 Å². The van der Waals surface area contributed by atoms with Gasteiger partial charge in [0.05, 0.1) is 23.5 Å². The van der Waals surface area contributed by atoms with Gasteiger partial charge in [0.1, 0.15) is 11.6 Å². The molecule has 1 fully saturated rings. The molecule has 2 heterocycles. The van der Waals surface area contributed by atoms with E-state index in [1.807, 2.05) is 0 Å². The summed E-state index contributed by atoms with van der Waals surface area (Å²) in [7, 11) is 0. The van der Waals surface area contributed by atoms with E-state index in [4.69, 9.17) is 0 Å². The van der Waals surface area contributed by atoms with Crippen molar-refractivity contribution in [1.82, 2.24) is 4.98 Å². The number of hydrogen-bond acceptors (Lipinski definition) is 4. The van der Waals surface area contributed by atoms with Crippen LogP contribution in [0.25, 0.3) is 5.76 Å². The maximum absolute atomic E-state index is 13.9. The van der Waals surface area contributed by atoms with Crippen molar-refractivity contribution in [2.45, 2.75) is 6.04 Å². The van der Waals surface area contributed by atoms with E-state index in [0.29, 0.717) is 16.8 Å². The van der Waals surface area contributed by atoms with Crippen LogP contribution in [0, 0.1) is 5.82 Å². The van der Waals surface area contributed by atoms with Crippen LogP contribution in [0.3, 0.4) is 0 Å². The van der Waals surface area contributed by atoms with Gasteiger partial charge in [0.2, 0.25) is 0 Å². The van der Waals surface area contributed by atoms with Crippen molar-refractivity contribution in [3.05, 3.63) is 102 Å². The zero-order chi connectivity index (χ0) is 19.7. The van der Waals surface area contributed by atoms with Gasteiger partial charge in [-0.25, -0.2) is 4.39 Å². The van der Waals surface area contributed by atoms with E-state index in [-0.39, 0.29) is 11.3 Å². The molecule has 1 atom stereocenters. The lowest BCUT2D eigenvalue weighted by Crippen LogP contribution is -2.29.